The fourth-order valence-electron chi connectivity index (χ4n) is 4.57. The van der Waals surface area contributed by atoms with Gasteiger partial charge in [0.1, 0.15) is 5.54 Å². The molecule has 4 heteroatoms. The highest BCUT2D eigenvalue weighted by Crippen LogP contribution is 2.34. The monoisotopic (exact) mass is 370 g/mol. The molecule has 1 aliphatic carbocycles. The van der Waals surface area contributed by atoms with Gasteiger partial charge in [0.2, 0.25) is 11.8 Å². The number of carbonyl (C=O) groups excluding carboxylic acids is 2. The third-order valence-electron chi connectivity index (χ3n) is 7.01. The van der Waals surface area contributed by atoms with Gasteiger partial charge in [-0.2, -0.15) is 0 Å². The summed E-state index contributed by atoms with van der Waals surface area (Å²) < 4.78 is 0. The van der Waals surface area contributed by atoms with Crippen LogP contribution in [0, 0.1) is 11.8 Å². The standard InChI is InChI=1S/C23H34N2O2/c1-5-18-9-11-19(12-10-18)15-25-21(26)13-14-23(25,4)22(27)24-20-8-6-7-16(2)17(20)3/h9-12,16-17,20H,5-8,13-15H2,1-4H3,(H,24,27)/t16-,17+,20-,23-/m1/s1. The lowest BCUT2D eigenvalue weighted by Gasteiger charge is -2.39. The molecule has 2 amide bonds. The molecular weight excluding hydrogens is 336 g/mol. The molecule has 1 aromatic carbocycles. The van der Waals surface area contributed by atoms with E-state index >= 15 is 0 Å². The molecule has 27 heavy (non-hydrogen) atoms. The Morgan fingerprint density at radius 3 is 2.52 bits per heavy atom. The van der Waals surface area contributed by atoms with Gasteiger partial charge >= 0.3 is 0 Å². The third kappa shape index (κ3) is 4.04. The summed E-state index contributed by atoms with van der Waals surface area (Å²) in [5.74, 6) is 1.22. The van der Waals surface area contributed by atoms with Crippen molar-refractivity contribution in [3.63, 3.8) is 0 Å². The van der Waals surface area contributed by atoms with Crippen molar-refractivity contribution in [1.29, 1.82) is 0 Å². The first kappa shape index (κ1) is 19.9. The highest BCUT2D eigenvalue weighted by molar-refractivity contribution is 5.94. The molecule has 2 aliphatic rings. The fraction of sp³-hybridized carbons (Fsp3) is 0.652. The van der Waals surface area contributed by atoms with Crippen LogP contribution in [0.3, 0.4) is 0 Å². The third-order valence-corrected chi connectivity index (χ3v) is 7.01. The van der Waals surface area contributed by atoms with Gasteiger partial charge in [-0.15, -0.1) is 0 Å². The Hall–Kier alpha value is -1.84. The highest BCUT2D eigenvalue weighted by atomic mass is 16.2. The largest absolute Gasteiger partial charge is 0.351 e. The maximum atomic E-state index is 13.2. The Kier molecular flexibility index (Phi) is 5.92. The summed E-state index contributed by atoms with van der Waals surface area (Å²) in [6, 6.07) is 8.59. The Labute approximate surface area is 163 Å². The molecule has 1 saturated carbocycles. The van der Waals surface area contributed by atoms with E-state index in [0.717, 1.165) is 18.4 Å². The van der Waals surface area contributed by atoms with Crippen molar-refractivity contribution in [1.82, 2.24) is 10.2 Å². The predicted molar refractivity (Wildman–Crippen MR) is 108 cm³/mol. The minimum atomic E-state index is -0.749. The second-order valence-electron chi connectivity index (χ2n) is 8.77. The van der Waals surface area contributed by atoms with E-state index in [0.29, 0.717) is 31.2 Å². The molecule has 0 bridgehead atoms. The van der Waals surface area contributed by atoms with Crippen molar-refractivity contribution in [2.24, 2.45) is 11.8 Å². The van der Waals surface area contributed by atoms with Crippen LogP contribution in [0.15, 0.2) is 24.3 Å². The van der Waals surface area contributed by atoms with E-state index in [4.69, 9.17) is 0 Å². The van der Waals surface area contributed by atoms with Crippen LogP contribution in [0.2, 0.25) is 0 Å². The molecule has 4 atom stereocenters. The first-order valence-electron chi connectivity index (χ1n) is 10.5. The topological polar surface area (TPSA) is 49.4 Å². The van der Waals surface area contributed by atoms with Gasteiger partial charge in [0, 0.05) is 19.0 Å². The molecule has 0 spiro atoms. The average Bonchev–Trinajstić information content (AvgIpc) is 2.95. The highest BCUT2D eigenvalue weighted by Gasteiger charge is 2.48. The average molecular weight is 371 g/mol. The Morgan fingerprint density at radius 1 is 1.19 bits per heavy atom. The number of nitrogens with zero attached hydrogens (tertiary/aromatic N) is 1. The number of hydrogen-bond donors (Lipinski definition) is 1. The summed E-state index contributed by atoms with van der Waals surface area (Å²) in [6.07, 6.45) is 5.50. The van der Waals surface area contributed by atoms with Gasteiger partial charge in [-0.3, -0.25) is 9.59 Å². The normalized spacial score (nSPS) is 31.2. The van der Waals surface area contributed by atoms with Crippen LogP contribution in [0.5, 0.6) is 0 Å². The minimum Gasteiger partial charge on any atom is -0.351 e. The van der Waals surface area contributed by atoms with Crippen LogP contribution < -0.4 is 5.32 Å². The molecule has 2 fully saturated rings. The summed E-state index contributed by atoms with van der Waals surface area (Å²) in [4.78, 5) is 27.6. The van der Waals surface area contributed by atoms with Crippen molar-refractivity contribution >= 4 is 11.8 Å². The molecule has 1 aliphatic heterocycles. The van der Waals surface area contributed by atoms with Crippen LogP contribution in [0.25, 0.3) is 0 Å². The van der Waals surface area contributed by atoms with Gasteiger partial charge in [0.05, 0.1) is 0 Å². The first-order valence-corrected chi connectivity index (χ1v) is 10.5. The maximum Gasteiger partial charge on any atom is 0.245 e. The summed E-state index contributed by atoms with van der Waals surface area (Å²) in [5, 5.41) is 3.30. The van der Waals surface area contributed by atoms with Crippen molar-refractivity contribution in [2.45, 2.75) is 84.3 Å². The van der Waals surface area contributed by atoms with Gasteiger partial charge < -0.3 is 10.2 Å². The van der Waals surface area contributed by atoms with Gasteiger partial charge in [-0.05, 0) is 49.1 Å². The van der Waals surface area contributed by atoms with E-state index in [1.54, 1.807) is 4.90 Å². The molecule has 4 nitrogen and oxygen atoms in total. The number of benzene rings is 1. The van der Waals surface area contributed by atoms with Gasteiger partial charge in [-0.25, -0.2) is 0 Å². The molecule has 0 unspecified atom stereocenters. The van der Waals surface area contributed by atoms with Gasteiger partial charge in [0.25, 0.3) is 0 Å². The van der Waals surface area contributed by atoms with E-state index in [1.807, 2.05) is 6.92 Å². The summed E-state index contributed by atoms with van der Waals surface area (Å²) in [5.41, 5.74) is 1.62. The molecule has 3 rings (SSSR count). The molecule has 0 aromatic heterocycles. The molecule has 1 saturated heterocycles. The first-order chi connectivity index (χ1) is 12.8. The Bertz CT molecular complexity index is 684. The van der Waals surface area contributed by atoms with Gasteiger partial charge in [-0.1, -0.05) is 57.9 Å². The fourth-order valence-corrected chi connectivity index (χ4v) is 4.57. The molecule has 1 heterocycles. The predicted octanol–water partition coefficient (Wildman–Crippen LogP) is 4.07. The van der Waals surface area contributed by atoms with Crippen molar-refractivity contribution in [3.8, 4) is 0 Å². The second kappa shape index (κ2) is 8.04. The van der Waals surface area contributed by atoms with E-state index < -0.39 is 5.54 Å². The molecule has 1 aromatic rings. The lowest BCUT2D eigenvalue weighted by molar-refractivity contribution is -0.142. The lowest BCUT2D eigenvalue weighted by atomic mass is 9.77. The van der Waals surface area contributed by atoms with Crippen molar-refractivity contribution < 1.29 is 9.59 Å². The smallest absolute Gasteiger partial charge is 0.245 e. The Morgan fingerprint density at radius 2 is 1.85 bits per heavy atom. The number of carbonyl (C=O) groups is 2. The Balaban J connectivity index is 1.73. The van der Waals surface area contributed by atoms with Crippen LogP contribution in [0.4, 0.5) is 0 Å². The van der Waals surface area contributed by atoms with Gasteiger partial charge in [0.15, 0.2) is 0 Å². The number of nitrogens with one attached hydrogen (secondary N) is 1. The molecule has 1 N–H and O–H groups in total. The number of rotatable bonds is 5. The summed E-state index contributed by atoms with van der Waals surface area (Å²) >= 11 is 0. The summed E-state index contributed by atoms with van der Waals surface area (Å²) in [7, 11) is 0. The van der Waals surface area contributed by atoms with Crippen molar-refractivity contribution in [3.05, 3.63) is 35.4 Å². The number of likely N-dealkylation sites (tertiary alicyclic amines) is 1. The number of aryl methyl sites for hydroxylation is 1. The van der Waals surface area contributed by atoms with Crippen LogP contribution in [-0.4, -0.2) is 28.3 Å². The summed E-state index contributed by atoms with van der Waals surface area (Å²) in [6.45, 7) is 9.08. The molecule has 0 radical (unpaired) electrons. The quantitative estimate of drug-likeness (QED) is 0.849. The van der Waals surface area contributed by atoms with Crippen molar-refractivity contribution in [2.75, 3.05) is 0 Å². The minimum absolute atomic E-state index is 0.0180. The van der Waals surface area contributed by atoms with E-state index in [2.05, 4.69) is 50.4 Å². The number of hydrogen-bond acceptors (Lipinski definition) is 2. The zero-order valence-corrected chi connectivity index (χ0v) is 17.3. The zero-order chi connectivity index (χ0) is 19.6. The second-order valence-corrected chi connectivity index (χ2v) is 8.77. The van der Waals surface area contributed by atoms with E-state index in [9.17, 15) is 9.59 Å². The molecule has 148 valence electrons. The molecular formula is C23H34N2O2. The SMILES string of the molecule is CCc1ccc(CN2C(=O)CC[C@]2(C)C(=O)N[C@@H]2CCC[C@@H](C)[C@@H]2C)cc1. The van der Waals surface area contributed by atoms with Crippen LogP contribution in [-0.2, 0) is 22.6 Å². The van der Waals surface area contributed by atoms with E-state index in [-0.39, 0.29) is 17.9 Å². The van der Waals surface area contributed by atoms with E-state index in [1.165, 1.54) is 18.4 Å². The van der Waals surface area contributed by atoms with Crippen LogP contribution >= 0.6 is 0 Å². The van der Waals surface area contributed by atoms with Crippen LogP contribution in [0.1, 0.15) is 70.9 Å². The zero-order valence-electron chi connectivity index (χ0n) is 17.3. The maximum absolute atomic E-state index is 13.2. The lowest BCUT2D eigenvalue weighted by Crippen LogP contribution is -2.57. The number of amides is 2.